The number of nitrogens with zero attached hydrogens (tertiary/aromatic N) is 1. The lowest BCUT2D eigenvalue weighted by molar-refractivity contribution is 0.0473. The van der Waals surface area contributed by atoms with E-state index in [9.17, 15) is 9.59 Å². The van der Waals surface area contributed by atoms with Gasteiger partial charge in [-0.3, -0.25) is 4.79 Å². The number of halogens is 2. The molecule has 0 fully saturated rings. The minimum absolute atomic E-state index is 0.00764. The molecule has 2 aromatic heterocycles. The minimum atomic E-state index is -0.652. The van der Waals surface area contributed by atoms with Crippen LogP contribution < -0.4 is 5.43 Å². The Kier molecular flexibility index (Phi) is 4.72. The monoisotopic (exact) mass is 441 g/mol. The first-order valence-electron chi connectivity index (χ1n) is 8.19. The number of fused-ring (bicyclic) bond motifs is 3. The van der Waals surface area contributed by atoms with Crippen molar-refractivity contribution in [1.82, 2.24) is 4.40 Å². The van der Waals surface area contributed by atoms with Gasteiger partial charge in [-0.05, 0) is 51.8 Å². The van der Waals surface area contributed by atoms with Crippen LogP contribution in [0.15, 0.2) is 76.1 Å². The number of hydrogen-bond donors (Lipinski definition) is 0. The molecular weight excluding hydrogens is 430 g/mol. The van der Waals surface area contributed by atoms with E-state index in [-0.39, 0.29) is 17.6 Å². The van der Waals surface area contributed by atoms with Gasteiger partial charge in [0.1, 0.15) is 12.2 Å². The third kappa shape index (κ3) is 3.36. The molecule has 0 aliphatic rings. The van der Waals surface area contributed by atoms with Crippen molar-refractivity contribution in [3.8, 4) is 0 Å². The Bertz CT molecular complexity index is 1240. The summed E-state index contributed by atoms with van der Waals surface area (Å²) < 4.78 is 7.99. The van der Waals surface area contributed by atoms with E-state index in [4.69, 9.17) is 16.3 Å². The van der Waals surface area contributed by atoms with Crippen LogP contribution in [0.2, 0.25) is 5.02 Å². The van der Waals surface area contributed by atoms with Gasteiger partial charge in [-0.25, -0.2) is 4.79 Å². The van der Waals surface area contributed by atoms with Crippen molar-refractivity contribution in [3.63, 3.8) is 0 Å². The number of benzene rings is 2. The molecule has 0 unspecified atom stereocenters. The molecule has 4 nitrogen and oxygen atoms in total. The Morgan fingerprint density at radius 2 is 1.81 bits per heavy atom. The van der Waals surface area contributed by atoms with Gasteiger partial charge < -0.3 is 9.14 Å². The van der Waals surface area contributed by atoms with E-state index in [2.05, 4.69) is 15.9 Å². The summed E-state index contributed by atoms with van der Waals surface area (Å²) in [7, 11) is 0. The van der Waals surface area contributed by atoms with Crippen LogP contribution in [0.4, 0.5) is 0 Å². The molecule has 0 saturated heterocycles. The molecule has 2 aromatic carbocycles. The highest BCUT2D eigenvalue weighted by Gasteiger charge is 2.20. The zero-order valence-corrected chi connectivity index (χ0v) is 16.3. The SMILES string of the molecule is O=C(OCc1ccccc1)c1c(=O)c2ccc(Cl)cc2n2cc(Br)ccc12. The van der Waals surface area contributed by atoms with Crippen LogP contribution in [0.1, 0.15) is 15.9 Å². The van der Waals surface area contributed by atoms with E-state index < -0.39 is 5.97 Å². The van der Waals surface area contributed by atoms with Gasteiger partial charge in [-0.15, -0.1) is 0 Å². The molecule has 4 rings (SSSR count). The van der Waals surface area contributed by atoms with E-state index in [0.29, 0.717) is 21.4 Å². The van der Waals surface area contributed by atoms with Gasteiger partial charge in [-0.1, -0.05) is 41.9 Å². The fraction of sp³-hybridized carbons (Fsp3) is 0.0476. The predicted octanol–water partition coefficient (Wildman–Crippen LogP) is 5.23. The van der Waals surface area contributed by atoms with Crippen LogP contribution in [-0.4, -0.2) is 10.4 Å². The normalized spacial score (nSPS) is 11.0. The number of ether oxygens (including phenoxy) is 1. The fourth-order valence-electron chi connectivity index (χ4n) is 3.02. The van der Waals surface area contributed by atoms with Gasteiger partial charge in [0.05, 0.1) is 11.0 Å². The molecule has 27 heavy (non-hydrogen) atoms. The second kappa shape index (κ2) is 7.18. The highest BCUT2D eigenvalue weighted by atomic mass is 79.9. The maximum Gasteiger partial charge on any atom is 0.344 e. The number of pyridine rings is 2. The number of esters is 1. The first-order chi connectivity index (χ1) is 13.0. The van der Waals surface area contributed by atoms with Gasteiger partial charge in [0.2, 0.25) is 5.43 Å². The Morgan fingerprint density at radius 1 is 1.04 bits per heavy atom. The van der Waals surface area contributed by atoms with Crippen LogP contribution in [0.5, 0.6) is 0 Å². The quantitative estimate of drug-likeness (QED) is 0.323. The number of aromatic nitrogens is 1. The van der Waals surface area contributed by atoms with Crippen LogP contribution in [0, 0.1) is 0 Å². The second-order valence-corrected chi connectivity index (χ2v) is 7.38. The molecule has 0 aliphatic heterocycles. The van der Waals surface area contributed by atoms with Crippen molar-refractivity contribution in [1.29, 1.82) is 0 Å². The number of carbonyl (C=O) groups is 1. The summed E-state index contributed by atoms with van der Waals surface area (Å²) in [4.78, 5) is 25.8. The molecule has 6 heteroatoms. The van der Waals surface area contributed by atoms with Gasteiger partial charge in [0.25, 0.3) is 0 Å². The summed E-state index contributed by atoms with van der Waals surface area (Å²) in [6.07, 6.45) is 1.79. The number of carbonyl (C=O) groups excluding carboxylic acids is 1. The average Bonchev–Trinajstić information content (AvgIpc) is 2.67. The van der Waals surface area contributed by atoms with E-state index in [1.54, 1.807) is 40.9 Å². The largest absolute Gasteiger partial charge is 0.457 e. The van der Waals surface area contributed by atoms with Crippen molar-refractivity contribution >= 4 is 49.9 Å². The van der Waals surface area contributed by atoms with Crippen molar-refractivity contribution in [2.45, 2.75) is 6.61 Å². The topological polar surface area (TPSA) is 47.8 Å². The average molecular weight is 443 g/mol. The Morgan fingerprint density at radius 3 is 2.59 bits per heavy atom. The van der Waals surface area contributed by atoms with Crippen LogP contribution in [-0.2, 0) is 11.3 Å². The number of rotatable bonds is 3. The third-order valence-electron chi connectivity index (χ3n) is 4.28. The molecule has 4 aromatic rings. The Hall–Kier alpha value is -2.63. The van der Waals surface area contributed by atoms with Crippen LogP contribution in [0.3, 0.4) is 0 Å². The fourth-order valence-corrected chi connectivity index (χ4v) is 3.52. The lowest BCUT2D eigenvalue weighted by Crippen LogP contribution is -2.20. The van der Waals surface area contributed by atoms with Crippen molar-refractivity contribution in [2.24, 2.45) is 0 Å². The molecule has 0 amide bonds. The van der Waals surface area contributed by atoms with E-state index in [0.717, 1.165) is 10.0 Å². The maximum absolute atomic E-state index is 13.0. The van der Waals surface area contributed by atoms with Crippen LogP contribution in [0.25, 0.3) is 16.4 Å². The zero-order chi connectivity index (χ0) is 19.0. The number of hydrogen-bond acceptors (Lipinski definition) is 3. The lowest BCUT2D eigenvalue weighted by Gasteiger charge is -2.12. The third-order valence-corrected chi connectivity index (χ3v) is 4.98. The lowest BCUT2D eigenvalue weighted by atomic mass is 10.1. The molecule has 0 radical (unpaired) electrons. The van der Waals surface area contributed by atoms with Gasteiger partial charge in [-0.2, -0.15) is 0 Å². The Balaban J connectivity index is 1.88. The predicted molar refractivity (Wildman–Crippen MR) is 109 cm³/mol. The molecule has 0 atom stereocenters. The molecule has 0 N–H and O–H groups in total. The highest BCUT2D eigenvalue weighted by molar-refractivity contribution is 9.10. The maximum atomic E-state index is 13.0. The van der Waals surface area contributed by atoms with Crippen molar-refractivity contribution in [3.05, 3.63) is 97.7 Å². The molecule has 0 saturated carbocycles. The molecule has 0 bridgehead atoms. The van der Waals surface area contributed by atoms with Crippen molar-refractivity contribution < 1.29 is 9.53 Å². The first-order valence-corrected chi connectivity index (χ1v) is 9.36. The van der Waals surface area contributed by atoms with E-state index in [1.807, 2.05) is 30.3 Å². The minimum Gasteiger partial charge on any atom is -0.457 e. The van der Waals surface area contributed by atoms with Crippen LogP contribution >= 0.6 is 27.5 Å². The summed E-state index contributed by atoms with van der Waals surface area (Å²) >= 11 is 9.54. The smallest absolute Gasteiger partial charge is 0.344 e. The molecule has 0 spiro atoms. The summed E-state index contributed by atoms with van der Waals surface area (Å²) in [5.41, 5.74) is 1.58. The summed E-state index contributed by atoms with van der Waals surface area (Å²) in [5.74, 6) is -0.652. The highest BCUT2D eigenvalue weighted by Crippen LogP contribution is 2.23. The molecular formula is C21H13BrClNO3. The van der Waals surface area contributed by atoms with Gasteiger partial charge >= 0.3 is 5.97 Å². The Labute approximate surface area is 168 Å². The van der Waals surface area contributed by atoms with E-state index >= 15 is 0 Å². The van der Waals surface area contributed by atoms with Crippen molar-refractivity contribution in [2.75, 3.05) is 0 Å². The molecule has 0 aliphatic carbocycles. The molecule has 2 heterocycles. The summed E-state index contributed by atoms with van der Waals surface area (Å²) in [6, 6.07) is 17.8. The second-order valence-electron chi connectivity index (χ2n) is 6.03. The standard InChI is InChI=1S/C21H13BrClNO3/c22-14-6-9-17-19(21(26)27-12-13-4-2-1-3-5-13)20(25)16-8-7-15(23)10-18(16)24(17)11-14/h1-11H,12H2. The summed E-state index contributed by atoms with van der Waals surface area (Å²) in [6.45, 7) is 0.0977. The first kappa shape index (κ1) is 17.8. The zero-order valence-electron chi connectivity index (χ0n) is 14.0. The van der Waals surface area contributed by atoms with E-state index in [1.165, 1.54) is 0 Å². The molecule has 134 valence electrons. The van der Waals surface area contributed by atoms with Gasteiger partial charge in [0.15, 0.2) is 0 Å². The van der Waals surface area contributed by atoms with Gasteiger partial charge in [0, 0.05) is 21.1 Å². The summed E-state index contributed by atoms with van der Waals surface area (Å²) in [5, 5.41) is 0.914.